The van der Waals surface area contributed by atoms with Crippen LogP contribution in [0.2, 0.25) is 0 Å². The highest BCUT2D eigenvalue weighted by molar-refractivity contribution is 5.90. The molecule has 5 heteroatoms. The summed E-state index contributed by atoms with van der Waals surface area (Å²) < 4.78 is 0. The number of nitrogens with zero attached hydrogens (tertiary/aromatic N) is 2. The molecule has 1 aromatic carbocycles. The molecule has 158 valence electrons. The molecule has 5 nitrogen and oxygen atoms in total. The first-order valence-corrected chi connectivity index (χ1v) is 11.2. The number of likely N-dealkylation sites (tertiary alicyclic amines) is 1. The zero-order valence-corrected chi connectivity index (χ0v) is 18.1. The molecule has 0 radical (unpaired) electrons. The van der Waals surface area contributed by atoms with Crippen LogP contribution in [0.15, 0.2) is 30.3 Å². The van der Waals surface area contributed by atoms with Gasteiger partial charge in [-0.15, -0.1) is 0 Å². The van der Waals surface area contributed by atoms with Crippen LogP contribution < -0.4 is 5.32 Å². The van der Waals surface area contributed by atoms with Crippen molar-refractivity contribution in [3.8, 4) is 0 Å². The Morgan fingerprint density at radius 2 is 1.86 bits per heavy atom. The van der Waals surface area contributed by atoms with Crippen molar-refractivity contribution in [1.82, 2.24) is 15.1 Å². The van der Waals surface area contributed by atoms with E-state index in [4.69, 9.17) is 0 Å². The molecule has 0 spiro atoms. The quantitative estimate of drug-likeness (QED) is 0.850. The summed E-state index contributed by atoms with van der Waals surface area (Å²) in [5, 5.41) is 2.83. The summed E-state index contributed by atoms with van der Waals surface area (Å²) in [5.41, 5.74) is 0.599. The van der Waals surface area contributed by atoms with Crippen molar-refractivity contribution in [1.29, 1.82) is 0 Å². The fourth-order valence-electron chi connectivity index (χ4n) is 6.07. The maximum Gasteiger partial charge on any atom is 0.247 e. The van der Waals surface area contributed by atoms with E-state index in [1.165, 1.54) is 38.2 Å². The Bertz CT molecular complexity index is 748. The molecule has 0 unspecified atom stereocenters. The number of hydrogen-bond acceptors (Lipinski definition) is 3. The Hall–Kier alpha value is -1.88. The van der Waals surface area contributed by atoms with E-state index in [1.54, 1.807) is 0 Å². The van der Waals surface area contributed by atoms with Crippen molar-refractivity contribution >= 4 is 11.8 Å². The molecule has 0 saturated carbocycles. The number of hydrogen-bond donors (Lipinski definition) is 1. The molecule has 3 aliphatic rings. The number of carbonyl (C=O) groups excluding carboxylic acids is 2. The van der Waals surface area contributed by atoms with Crippen LogP contribution in [0, 0.1) is 11.8 Å². The van der Waals surface area contributed by atoms with E-state index in [-0.39, 0.29) is 11.8 Å². The molecule has 0 aromatic heterocycles. The van der Waals surface area contributed by atoms with Gasteiger partial charge in [0.25, 0.3) is 0 Å². The fraction of sp³-hybridized carbons (Fsp3) is 0.667. The topological polar surface area (TPSA) is 52.7 Å². The van der Waals surface area contributed by atoms with Crippen molar-refractivity contribution in [2.45, 2.75) is 70.5 Å². The van der Waals surface area contributed by atoms with Gasteiger partial charge >= 0.3 is 0 Å². The lowest BCUT2D eigenvalue weighted by molar-refractivity contribution is -0.146. The second-order valence-electron chi connectivity index (χ2n) is 9.92. The van der Waals surface area contributed by atoms with E-state index in [2.05, 4.69) is 40.5 Å². The zero-order chi connectivity index (χ0) is 20.6. The third kappa shape index (κ3) is 4.35. The Balaban J connectivity index is 1.46. The summed E-state index contributed by atoms with van der Waals surface area (Å²) in [4.78, 5) is 29.5. The van der Waals surface area contributed by atoms with Crippen molar-refractivity contribution < 1.29 is 9.59 Å². The van der Waals surface area contributed by atoms with E-state index in [0.717, 1.165) is 26.1 Å². The lowest BCUT2D eigenvalue weighted by atomic mass is 9.73. The fourth-order valence-corrected chi connectivity index (χ4v) is 6.07. The Morgan fingerprint density at radius 1 is 1.10 bits per heavy atom. The van der Waals surface area contributed by atoms with Crippen LogP contribution in [-0.4, -0.2) is 58.9 Å². The summed E-state index contributed by atoms with van der Waals surface area (Å²) in [6.45, 7) is 7.88. The minimum Gasteiger partial charge on any atom is -0.342 e. The summed E-state index contributed by atoms with van der Waals surface area (Å²) >= 11 is 0. The Morgan fingerprint density at radius 3 is 2.59 bits per heavy atom. The first kappa shape index (κ1) is 20.4. The highest BCUT2D eigenvalue weighted by Crippen LogP contribution is 2.40. The largest absolute Gasteiger partial charge is 0.342 e. The van der Waals surface area contributed by atoms with E-state index in [9.17, 15) is 9.59 Å². The zero-order valence-electron chi connectivity index (χ0n) is 18.1. The summed E-state index contributed by atoms with van der Waals surface area (Å²) in [6, 6.07) is 12.1. The van der Waals surface area contributed by atoms with Gasteiger partial charge < -0.3 is 10.2 Å². The van der Waals surface area contributed by atoms with Gasteiger partial charge in [0.05, 0.1) is 0 Å². The highest BCUT2D eigenvalue weighted by Gasteiger charge is 2.47. The SMILES string of the molecule is CC(=O)NC(C)(C)C(=O)N1C[C@@H]2C[C@H](C1)[C@@H]1CCC[C@H](Cc3ccccc3)N1C2. The minimum atomic E-state index is -0.834. The van der Waals surface area contributed by atoms with E-state index >= 15 is 0 Å². The number of amides is 2. The van der Waals surface area contributed by atoms with E-state index in [0.29, 0.717) is 23.9 Å². The number of rotatable bonds is 4. The standard InChI is InChI=1S/C24H35N3O2/c1-17(28)25-24(2,3)23(29)26-14-19-12-20(16-26)22-11-7-10-21(27(22)15-19)13-18-8-5-4-6-9-18/h4-6,8-9,19-22H,7,10-16H2,1-3H3,(H,25,28)/t19-,20+,21+,22-/m0/s1. The average Bonchev–Trinajstić information content (AvgIpc) is 2.68. The lowest BCUT2D eigenvalue weighted by Crippen LogP contribution is -2.65. The van der Waals surface area contributed by atoms with E-state index < -0.39 is 5.54 Å². The molecule has 3 heterocycles. The van der Waals surface area contributed by atoms with Gasteiger partial charge in [0.1, 0.15) is 5.54 Å². The van der Waals surface area contributed by atoms with Gasteiger partial charge in [0.15, 0.2) is 0 Å². The van der Waals surface area contributed by atoms with Crippen molar-refractivity contribution in [2.75, 3.05) is 19.6 Å². The normalized spacial score (nSPS) is 29.8. The van der Waals surface area contributed by atoms with Crippen LogP contribution in [0.3, 0.4) is 0 Å². The predicted molar refractivity (Wildman–Crippen MR) is 114 cm³/mol. The van der Waals surface area contributed by atoms with Gasteiger partial charge in [-0.05, 0) is 56.9 Å². The summed E-state index contributed by atoms with van der Waals surface area (Å²) in [5.74, 6) is 1.01. The third-order valence-corrected chi connectivity index (χ3v) is 7.14. The number of benzene rings is 1. The van der Waals surface area contributed by atoms with E-state index in [1.807, 2.05) is 18.7 Å². The highest BCUT2D eigenvalue weighted by atomic mass is 16.2. The van der Waals surface area contributed by atoms with Crippen molar-refractivity contribution in [3.63, 3.8) is 0 Å². The molecule has 3 fully saturated rings. The summed E-state index contributed by atoms with van der Waals surface area (Å²) in [7, 11) is 0. The third-order valence-electron chi connectivity index (χ3n) is 7.14. The Labute approximate surface area is 174 Å². The number of carbonyl (C=O) groups is 2. The first-order chi connectivity index (χ1) is 13.8. The molecule has 2 amide bonds. The van der Waals surface area contributed by atoms with Crippen LogP contribution in [-0.2, 0) is 16.0 Å². The molecule has 3 aliphatic heterocycles. The molecule has 1 aromatic rings. The predicted octanol–water partition coefficient (Wildman–Crippen LogP) is 2.85. The van der Waals surface area contributed by atoms with Gasteiger partial charge in [-0.3, -0.25) is 14.5 Å². The number of fused-ring (bicyclic) bond motifs is 4. The smallest absolute Gasteiger partial charge is 0.247 e. The van der Waals surface area contributed by atoms with Gasteiger partial charge in [0.2, 0.25) is 11.8 Å². The maximum atomic E-state index is 13.1. The second-order valence-corrected chi connectivity index (χ2v) is 9.92. The molecular weight excluding hydrogens is 362 g/mol. The van der Waals surface area contributed by atoms with Gasteiger partial charge in [-0.1, -0.05) is 36.8 Å². The number of piperidine rings is 3. The van der Waals surface area contributed by atoms with Crippen LogP contribution in [0.1, 0.15) is 52.0 Å². The monoisotopic (exact) mass is 397 g/mol. The van der Waals surface area contributed by atoms with Crippen molar-refractivity contribution in [2.24, 2.45) is 11.8 Å². The van der Waals surface area contributed by atoms with Crippen molar-refractivity contribution in [3.05, 3.63) is 35.9 Å². The van der Waals surface area contributed by atoms with Crippen LogP contribution in [0.5, 0.6) is 0 Å². The second kappa shape index (κ2) is 8.10. The molecule has 1 N–H and O–H groups in total. The molecule has 3 saturated heterocycles. The Kier molecular flexibility index (Phi) is 5.69. The van der Waals surface area contributed by atoms with Gasteiger partial charge in [-0.2, -0.15) is 0 Å². The van der Waals surface area contributed by atoms with Crippen LogP contribution in [0.4, 0.5) is 0 Å². The molecular formula is C24H35N3O2. The molecule has 0 aliphatic carbocycles. The molecule has 29 heavy (non-hydrogen) atoms. The van der Waals surface area contributed by atoms with Gasteiger partial charge in [0, 0.05) is 38.6 Å². The van der Waals surface area contributed by atoms with Crippen LogP contribution in [0.25, 0.3) is 0 Å². The molecule has 4 atom stereocenters. The molecule has 4 rings (SSSR count). The molecule has 2 bridgehead atoms. The minimum absolute atomic E-state index is 0.0625. The van der Waals surface area contributed by atoms with Gasteiger partial charge in [-0.25, -0.2) is 0 Å². The first-order valence-electron chi connectivity index (χ1n) is 11.2. The lowest BCUT2D eigenvalue weighted by Gasteiger charge is -2.55. The number of nitrogens with one attached hydrogen (secondary N) is 1. The maximum absolute atomic E-state index is 13.1. The summed E-state index contributed by atoms with van der Waals surface area (Å²) in [6.07, 6.45) is 6.19. The van der Waals surface area contributed by atoms with Crippen LogP contribution >= 0.6 is 0 Å². The average molecular weight is 398 g/mol.